The fourth-order valence-corrected chi connectivity index (χ4v) is 3.93. The summed E-state index contributed by atoms with van der Waals surface area (Å²) in [6.45, 7) is 9.14. The summed E-state index contributed by atoms with van der Waals surface area (Å²) in [5.41, 5.74) is 4.12. The second kappa shape index (κ2) is 8.16. The van der Waals surface area contributed by atoms with Gasteiger partial charge in [0.25, 0.3) is 5.56 Å². The Labute approximate surface area is 165 Å². The van der Waals surface area contributed by atoms with E-state index in [2.05, 4.69) is 28.9 Å². The van der Waals surface area contributed by atoms with Crippen LogP contribution in [-0.2, 0) is 24.8 Å². The number of likely N-dealkylation sites (N-methyl/N-ethyl adjacent to an activating group) is 1. The summed E-state index contributed by atoms with van der Waals surface area (Å²) in [6.07, 6.45) is 3.30. The average Bonchev–Trinajstić information content (AvgIpc) is 3.26. The van der Waals surface area contributed by atoms with E-state index in [-0.39, 0.29) is 17.4 Å². The maximum atomic E-state index is 12.9. The third kappa shape index (κ3) is 3.95. The number of carbonyl (C=O) groups excluding carboxylic acids is 1. The van der Waals surface area contributed by atoms with Crippen molar-refractivity contribution in [2.45, 2.75) is 40.2 Å². The zero-order valence-electron chi connectivity index (χ0n) is 17.5. The summed E-state index contributed by atoms with van der Waals surface area (Å²) >= 11 is 0. The minimum Gasteiger partial charge on any atom is -0.369 e. The predicted molar refractivity (Wildman–Crippen MR) is 109 cm³/mol. The Morgan fingerprint density at radius 2 is 2.11 bits per heavy atom. The van der Waals surface area contributed by atoms with E-state index in [4.69, 9.17) is 0 Å². The molecule has 1 fully saturated rings. The molecule has 2 aromatic rings. The first-order valence-corrected chi connectivity index (χ1v) is 9.88. The van der Waals surface area contributed by atoms with E-state index in [9.17, 15) is 9.59 Å². The molecule has 8 nitrogen and oxygen atoms in total. The van der Waals surface area contributed by atoms with Crippen molar-refractivity contribution in [2.75, 3.05) is 31.6 Å². The predicted octanol–water partition coefficient (Wildman–Crippen LogP) is 1.14. The second-order valence-electron chi connectivity index (χ2n) is 7.58. The molecule has 1 atom stereocenters. The monoisotopic (exact) mass is 386 g/mol. The minimum absolute atomic E-state index is 0.0467. The first kappa shape index (κ1) is 20.1. The summed E-state index contributed by atoms with van der Waals surface area (Å²) in [4.78, 5) is 28.6. The molecule has 152 valence electrons. The van der Waals surface area contributed by atoms with Gasteiger partial charge in [0.1, 0.15) is 0 Å². The molecule has 2 aromatic heterocycles. The van der Waals surface area contributed by atoms with E-state index in [1.165, 1.54) is 15.9 Å². The van der Waals surface area contributed by atoms with Crippen molar-refractivity contribution in [2.24, 2.45) is 13.0 Å². The molecule has 1 aliphatic heterocycles. The van der Waals surface area contributed by atoms with Crippen LogP contribution < -0.4 is 10.5 Å². The maximum Gasteiger partial charge on any atom is 0.268 e. The first-order valence-electron chi connectivity index (χ1n) is 9.88. The number of hydrogen-bond acceptors (Lipinski definition) is 5. The van der Waals surface area contributed by atoms with E-state index in [1.807, 2.05) is 23.6 Å². The van der Waals surface area contributed by atoms with E-state index in [1.54, 1.807) is 19.3 Å². The molecular formula is C20H30N6O2. The molecule has 0 radical (unpaired) electrons. The van der Waals surface area contributed by atoms with Crippen molar-refractivity contribution < 1.29 is 4.79 Å². The molecule has 0 saturated carbocycles. The van der Waals surface area contributed by atoms with Crippen LogP contribution >= 0.6 is 0 Å². The molecule has 3 heterocycles. The summed E-state index contributed by atoms with van der Waals surface area (Å²) in [7, 11) is 3.50. The van der Waals surface area contributed by atoms with Gasteiger partial charge in [-0.25, -0.2) is 4.68 Å². The highest BCUT2D eigenvalue weighted by Gasteiger charge is 2.30. The molecule has 3 rings (SSSR count). The second-order valence-corrected chi connectivity index (χ2v) is 7.58. The fraction of sp³-hybridized carbons (Fsp3) is 0.600. The molecule has 0 bridgehead atoms. The first-order chi connectivity index (χ1) is 13.3. The largest absolute Gasteiger partial charge is 0.369 e. The molecule has 8 heteroatoms. The number of amides is 1. The smallest absolute Gasteiger partial charge is 0.268 e. The summed E-state index contributed by atoms with van der Waals surface area (Å²) in [5, 5.41) is 8.64. The van der Waals surface area contributed by atoms with E-state index >= 15 is 0 Å². The Kier molecular flexibility index (Phi) is 5.86. The topological polar surface area (TPSA) is 76.3 Å². The van der Waals surface area contributed by atoms with Crippen LogP contribution in [0.2, 0.25) is 0 Å². The highest BCUT2D eigenvalue weighted by molar-refractivity contribution is 5.80. The Morgan fingerprint density at radius 1 is 1.36 bits per heavy atom. The Hall–Kier alpha value is -2.64. The van der Waals surface area contributed by atoms with Crippen LogP contribution in [0.25, 0.3) is 0 Å². The SMILES string of the molecule is CCn1nc(C)c(CCN(C)C(=O)C2CCN(c3cnn(C)c(=O)c3)C2)c1C. The van der Waals surface area contributed by atoms with Gasteiger partial charge in [-0.05, 0) is 39.2 Å². The van der Waals surface area contributed by atoms with Crippen LogP contribution in [0.4, 0.5) is 5.69 Å². The zero-order valence-corrected chi connectivity index (χ0v) is 17.5. The van der Waals surface area contributed by atoms with E-state index in [0.29, 0.717) is 13.1 Å². The van der Waals surface area contributed by atoms with E-state index in [0.717, 1.165) is 37.3 Å². The Morgan fingerprint density at radius 3 is 2.75 bits per heavy atom. The third-order valence-electron chi connectivity index (χ3n) is 5.76. The van der Waals surface area contributed by atoms with Gasteiger partial charge in [-0.1, -0.05) is 0 Å². The molecule has 0 aliphatic carbocycles. The number of carbonyl (C=O) groups is 1. The maximum absolute atomic E-state index is 12.9. The molecule has 0 aromatic carbocycles. The van der Waals surface area contributed by atoms with Gasteiger partial charge in [0.2, 0.25) is 5.91 Å². The van der Waals surface area contributed by atoms with Gasteiger partial charge in [-0.2, -0.15) is 10.2 Å². The Bertz CT molecular complexity index is 916. The molecule has 0 N–H and O–H groups in total. The zero-order chi connectivity index (χ0) is 20.4. The van der Waals surface area contributed by atoms with Gasteiger partial charge >= 0.3 is 0 Å². The standard InChI is InChI=1S/C20H30N6O2/c1-6-26-15(3)18(14(2)22-26)8-9-23(4)20(28)16-7-10-25(13-16)17-11-19(27)24(5)21-12-17/h11-12,16H,6-10,13H2,1-5H3. The third-order valence-corrected chi connectivity index (χ3v) is 5.76. The Balaban J connectivity index is 1.59. The lowest BCUT2D eigenvalue weighted by Crippen LogP contribution is -2.36. The molecular weight excluding hydrogens is 356 g/mol. The van der Waals surface area contributed by atoms with Crippen LogP contribution in [0.1, 0.15) is 30.3 Å². The highest BCUT2D eigenvalue weighted by Crippen LogP contribution is 2.24. The van der Waals surface area contributed by atoms with Crippen LogP contribution in [0.3, 0.4) is 0 Å². The van der Waals surface area contributed by atoms with Gasteiger partial charge in [0.05, 0.1) is 23.5 Å². The van der Waals surface area contributed by atoms with Crippen LogP contribution in [0.15, 0.2) is 17.1 Å². The number of aromatic nitrogens is 4. The van der Waals surface area contributed by atoms with Gasteiger partial charge in [-0.3, -0.25) is 14.3 Å². The van der Waals surface area contributed by atoms with Gasteiger partial charge in [0, 0.05) is 52.0 Å². The number of anilines is 1. The minimum atomic E-state index is -0.136. The fourth-order valence-electron chi connectivity index (χ4n) is 3.93. The lowest BCUT2D eigenvalue weighted by atomic mass is 10.1. The molecule has 0 spiro atoms. The van der Waals surface area contributed by atoms with Crippen molar-refractivity contribution in [3.05, 3.63) is 39.6 Å². The lowest BCUT2D eigenvalue weighted by molar-refractivity contribution is -0.133. The number of nitrogens with zero attached hydrogens (tertiary/aromatic N) is 6. The van der Waals surface area contributed by atoms with Gasteiger partial charge < -0.3 is 9.80 Å². The molecule has 1 saturated heterocycles. The molecule has 1 unspecified atom stereocenters. The lowest BCUT2D eigenvalue weighted by Gasteiger charge is -2.22. The van der Waals surface area contributed by atoms with Crippen molar-refractivity contribution in [3.63, 3.8) is 0 Å². The van der Waals surface area contributed by atoms with Crippen molar-refractivity contribution in [3.8, 4) is 0 Å². The number of aryl methyl sites for hydroxylation is 3. The number of hydrogen-bond donors (Lipinski definition) is 0. The van der Waals surface area contributed by atoms with Crippen LogP contribution in [-0.4, -0.2) is 57.1 Å². The molecule has 1 amide bonds. The average molecular weight is 387 g/mol. The molecule has 28 heavy (non-hydrogen) atoms. The summed E-state index contributed by atoms with van der Waals surface area (Å²) in [5.74, 6) is 0.118. The normalized spacial score (nSPS) is 16.6. The van der Waals surface area contributed by atoms with E-state index < -0.39 is 0 Å². The van der Waals surface area contributed by atoms with Crippen molar-refractivity contribution >= 4 is 11.6 Å². The van der Waals surface area contributed by atoms with Gasteiger partial charge in [-0.15, -0.1) is 0 Å². The van der Waals surface area contributed by atoms with Crippen LogP contribution in [0, 0.1) is 19.8 Å². The van der Waals surface area contributed by atoms with Crippen molar-refractivity contribution in [1.82, 2.24) is 24.5 Å². The quantitative estimate of drug-likeness (QED) is 0.744. The van der Waals surface area contributed by atoms with Crippen LogP contribution in [0.5, 0.6) is 0 Å². The van der Waals surface area contributed by atoms with Gasteiger partial charge in [0.15, 0.2) is 0 Å². The van der Waals surface area contributed by atoms with Crippen molar-refractivity contribution in [1.29, 1.82) is 0 Å². The highest BCUT2D eigenvalue weighted by atomic mass is 16.2. The summed E-state index contributed by atoms with van der Waals surface area (Å²) < 4.78 is 3.32. The molecule has 1 aliphatic rings. The summed E-state index contributed by atoms with van der Waals surface area (Å²) in [6, 6.07) is 1.58. The number of rotatable bonds is 6.